The lowest BCUT2D eigenvalue weighted by molar-refractivity contribution is -0.305. The van der Waals surface area contributed by atoms with Gasteiger partial charge >= 0.3 is 11.4 Å². The summed E-state index contributed by atoms with van der Waals surface area (Å²) in [6, 6.07) is 0. The van der Waals surface area contributed by atoms with Gasteiger partial charge in [0.05, 0.1) is 0 Å². The summed E-state index contributed by atoms with van der Waals surface area (Å²) in [7, 11) is 0.279. The molecule has 0 aliphatic rings. The first kappa shape index (κ1) is 10.8. The van der Waals surface area contributed by atoms with Crippen molar-refractivity contribution in [1.29, 1.82) is 0 Å². The van der Waals surface area contributed by atoms with E-state index >= 15 is 0 Å². The van der Waals surface area contributed by atoms with Crippen LogP contribution >= 0.6 is 0 Å². The molecule has 0 aromatic heterocycles. The third-order valence-corrected chi connectivity index (χ3v) is 1.46. The van der Waals surface area contributed by atoms with Gasteiger partial charge < -0.3 is 9.29 Å². The van der Waals surface area contributed by atoms with Crippen LogP contribution in [0.2, 0.25) is 0 Å². The summed E-state index contributed by atoms with van der Waals surface area (Å²) in [6.45, 7) is 0. The fraction of sp³-hybridized carbons (Fsp3) is 1.00. The molecule has 1 unspecified atom stereocenters. The lowest BCUT2D eigenvalue weighted by atomic mass is 10.6. The van der Waals surface area contributed by atoms with Gasteiger partial charge in [0.1, 0.15) is 0 Å². The van der Waals surface area contributed by atoms with Gasteiger partial charge in [-0.15, -0.1) is 0 Å². The quantitative estimate of drug-likeness (QED) is 0.492. The normalized spacial score (nSPS) is 16.5. The lowest BCUT2D eigenvalue weighted by Crippen LogP contribution is -2.45. The molecule has 0 amide bonds. The molecular weight excluding hydrogens is 192 g/mol. The molecule has 8 heteroatoms. The molecule has 0 heterocycles. The minimum absolute atomic E-state index is 0.279. The highest BCUT2D eigenvalue weighted by Crippen LogP contribution is 2.36. The molecule has 0 saturated carbocycles. The van der Waals surface area contributed by atoms with Gasteiger partial charge in [-0.1, -0.05) is 0 Å². The van der Waals surface area contributed by atoms with E-state index in [0.717, 1.165) is 0 Å². The van der Waals surface area contributed by atoms with Crippen LogP contribution in [0.3, 0.4) is 0 Å². The smallest absolute Gasteiger partial charge is 0.430 e. The number of alkyl halides is 4. The molecule has 1 atom stereocenters. The molecule has 0 saturated heterocycles. The van der Waals surface area contributed by atoms with Crippen molar-refractivity contribution in [2.24, 2.45) is 0 Å². The second-order valence-electron chi connectivity index (χ2n) is 1.47. The highest BCUT2D eigenvalue weighted by Gasteiger charge is 2.58. The predicted molar refractivity (Wildman–Crippen MR) is 25.8 cm³/mol. The van der Waals surface area contributed by atoms with E-state index in [9.17, 15) is 26.3 Å². The van der Waals surface area contributed by atoms with E-state index in [1.165, 1.54) is 0 Å². The van der Waals surface area contributed by atoms with Crippen LogP contribution in [0.25, 0.3) is 0 Å². The average Bonchev–Trinajstić information content (AvgIpc) is 1.87. The Kier molecular flexibility index (Phi) is 2.98. The van der Waals surface area contributed by atoms with E-state index in [1.54, 1.807) is 0 Å². The van der Waals surface area contributed by atoms with E-state index in [4.69, 9.17) is 0 Å². The minimum atomic E-state index is -5.19. The Labute approximate surface area is 61.6 Å². The zero-order valence-corrected chi connectivity index (χ0v) is 5.96. The van der Waals surface area contributed by atoms with Gasteiger partial charge in [0.2, 0.25) is 0 Å². The maximum absolute atomic E-state index is 11.8. The van der Waals surface area contributed by atoms with Crippen molar-refractivity contribution in [2.45, 2.75) is 11.4 Å². The predicted octanol–water partition coefficient (Wildman–Crippen LogP) is 0.698. The highest BCUT2D eigenvalue weighted by molar-refractivity contribution is 7.80. The number of hydrogen-bond donors (Lipinski definition) is 0. The second-order valence-corrected chi connectivity index (χ2v) is 2.45. The SMILES string of the molecule is COC(F)(F)C(F)(F)S(=O)[O-]. The maximum atomic E-state index is 11.8. The topological polar surface area (TPSA) is 49.4 Å². The van der Waals surface area contributed by atoms with Crippen molar-refractivity contribution >= 4 is 11.1 Å². The zero-order valence-electron chi connectivity index (χ0n) is 5.14. The Morgan fingerprint density at radius 1 is 1.36 bits per heavy atom. The van der Waals surface area contributed by atoms with Crippen molar-refractivity contribution in [2.75, 3.05) is 7.11 Å². The Hall–Kier alpha value is -0.210. The third kappa shape index (κ3) is 1.88. The van der Waals surface area contributed by atoms with Crippen LogP contribution in [-0.2, 0) is 15.8 Å². The number of rotatable bonds is 3. The van der Waals surface area contributed by atoms with Crippen molar-refractivity contribution in [3.63, 3.8) is 0 Å². The molecule has 0 spiro atoms. The Bertz CT molecular complexity index is 170. The fourth-order valence-corrected chi connectivity index (χ4v) is 0.493. The Balaban J connectivity index is 4.67. The highest BCUT2D eigenvalue weighted by atomic mass is 32.2. The van der Waals surface area contributed by atoms with Crippen LogP contribution in [0.1, 0.15) is 0 Å². The third-order valence-electron chi connectivity index (χ3n) is 0.805. The van der Waals surface area contributed by atoms with Gasteiger partial charge in [-0.3, -0.25) is 4.21 Å². The number of hydrogen-bond acceptors (Lipinski definition) is 3. The largest absolute Gasteiger partial charge is 0.768 e. The van der Waals surface area contributed by atoms with E-state index < -0.39 is 22.4 Å². The first-order valence-electron chi connectivity index (χ1n) is 2.16. The molecule has 0 radical (unpaired) electrons. The second kappa shape index (κ2) is 3.03. The fourth-order valence-electron chi connectivity index (χ4n) is 0.216. The summed E-state index contributed by atoms with van der Waals surface area (Å²) in [5.41, 5.74) is 0. The van der Waals surface area contributed by atoms with Crippen molar-refractivity contribution in [3.05, 3.63) is 0 Å². The van der Waals surface area contributed by atoms with Crippen molar-refractivity contribution in [3.8, 4) is 0 Å². The van der Waals surface area contributed by atoms with Crippen LogP contribution in [0, 0.1) is 0 Å². The van der Waals surface area contributed by atoms with Gasteiger partial charge in [-0.05, 0) is 0 Å². The van der Waals surface area contributed by atoms with Crippen LogP contribution in [-0.4, -0.2) is 27.2 Å². The zero-order chi connectivity index (χ0) is 9.28. The van der Waals surface area contributed by atoms with Gasteiger partial charge in [0, 0.05) is 18.2 Å². The molecule has 0 fully saturated rings. The molecule has 0 bridgehead atoms. The minimum Gasteiger partial charge on any atom is -0.768 e. The summed E-state index contributed by atoms with van der Waals surface area (Å²) in [6.07, 6.45) is -4.99. The summed E-state index contributed by atoms with van der Waals surface area (Å²) < 4.78 is 69.3. The molecule has 11 heavy (non-hydrogen) atoms. The molecule has 68 valence electrons. The first-order valence-corrected chi connectivity index (χ1v) is 3.23. The van der Waals surface area contributed by atoms with Gasteiger partial charge in [-0.25, -0.2) is 0 Å². The number of methoxy groups -OCH3 is 1. The number of halogens is 4. The summed E-state index contributed by atoms with van der Waals surface area (Å²) >= 11 is -4.20. The van der Waals surface area contributed by atoms with Crippen LogP contribution in [0.5, 0.6) is 0 Å². The van der Waals surface area contributed by atoms with E-state index in [1.807, 2.05) is 0 Å². The summed E-state index contributed by atoms with van der Waals surface area (Å²) in [4.78, 5) is 0. The van der Waals surface area contributed by atoms with Gasteiger partial charge in [0.15, 0.2) is 0 Å². The molecule has 0 aliphatic carbocycles. The van der Waals surface area contributed by atoms with E-state index in [2.05, 4.69) is 4.74 Å². The molecular formula is C3H3F4O3S-. The standard InChI is InChI=1S/C3H4F4O3S/c1-10-2(4,5)3(6,7)11(8)9/h1H3,(H,8,9)/p-1. The molecule has 0 aromatic rings. The lowest BCUT2D eigenvalue weighted by Gasteiger charge is -2.25. The van der Waals surface area contributed by atoms with E-state index in [0.29, 0.717) is 0 Å². The summed E-state index contributed by atoms with van der Waals surface area (Å²) in [5, 5.41) is -5.19. The van der Waals surface area contributed by atoms with Crippen molar-refractivity contribution in [1.82, 2.24) is 0 Å². The van der Waals surface area contributed by atoms with Crippen LogP contribution < -0.4 is 0 Å². The van der Waals surface area contributed by atoms with Crippen molar-refractivity contribution < 1.29 is 31.1 Å². The average molecular weight is 195 g/mol. The Morgan fingerprint density at radius 2 is 1.73 bits per heavy atom. The molecule has 3 nitrogen and oxygen atoms in total. The van der Waals surface area contributed by atoms with Crippen LogP contribution in [0.4, 0.5) is 17.6 Å². The molecule has 0 aromatic carbocycles. The van der Waals surface area contributed by atoms with E-state index in [-0.39, 0.29) is 7.11 Å². The molecule has 0 aliphatic heterocycles. The van der Waals surface area contributed by atoms with Gasteiger partial charge in [-0.2, -0.15) is 17.6 Å². The maximum Gasteiger partial charge on any atom is 0.430 e. The number of ether oxygens (including phenoxy) is 1. The van der Waals surface area contributed by atoms with Gasteiger partial charge in [0.25, 0.3) is 0 Å². The summed E-state index contributed by atoms with van der Waals surface area (Å²) in [5.74, 6) is 0. The Morgan fingerprint density at radius 3 is 1.82 bits per heavy atom. The molecule has 0 rings (SSSR count). The molecule has 0 N–H and O–H groups in total. The monoisotopic (exact) mass is 195 g/mol. The first-order chi connectivity index (χ1) is 4.75. The van der Waals surface area contributed by atoms with Crippen LogP contribution in [0.15, 0.2) is 0 Å².